The molecule has 1 heterocycles. The SMILES string of the molecule is Cc1ccc2cc(CNc3ccccc3)c(=O)n(CC(=O)Nc3ccc(C)c(Cl)c3)c2c1. The quantitative estimate of drug-likeness (QED) is 0.410. The van der Waals surface area contributed by atoms with Gasteiger partial charge in [-0.15, -0.1) is 0 Å². The maximum absolute atomic E-state index is 13.3. The monoisotopic (exact) mass is 445 g/mol. The number of pyridine rings is 1. The van der Waals surface area contributed by atoms with Crippen LogP contribution >= 0.6 is 11.6 Å². The lowest BCUT2D eigenvalue weighted by atomic mass is 10.1. The summed E-state index contributed by atoms with van der Waals surface area (Å²) in [5.74, 6) is -0.289. The number of nitrogens with one attached hydrogen (secondary N) is 2. The van der Waals surface area contributed by atoms with Gasteiger partial charge in [0.05, 0.1) is 5.52 Å². The minimum atomic E-state index is -0.289. The highest BCUT2D eigenvalue weighted by Crippen LogP contribution is 2.21. The van der Waals surface area contributed by atoms with Crippen LogP contribution in [0.5, 0.6) is 0 Å². The van der Waals surface area contributed by atoms with Crippen LogP contribution in [-0.2, 0) is 17.9 Å². The van der Waals surface area contributed by atoms with Gasteiger partial charge in [0.2, 0.25) is 5.91 Å². The summed E-state index contributed by atoms with van der Waals surface area (Å²) in [6.45, 7) is 4.13. The highest BCUT2D eigenvalue weighted by molar-refractivity contribution is 6.31. The Morgan fingerprint density at radius 2 is 1.72 bits per heavy atom. The van der Waals surface area contributed by atoms with Crippen molar-refractivity contribution in [1.29, 1.82) is 0 Å². The topological polar surface area (TPSA) is 63.1 Å². The highest BCUT2D eigenvalue weighted by atomic mass is 35.5. The van der Waals surface area contributed by atoms with Crippen molar-refractivity contribution in [3.05, 3.63) is 105 Å². The van der Waals surface area contributed by atoms with E-state index in [1.54, 1.807) is 12.1 Å². The number of para-hydroxylation sites is 1. The molecule has 162 valence electrons. The second kappa shape index (κ2) is 9.28. The molecule has 0 atom stereocenters. The third-order valence-electron chi connectivity index (χ3n) is 5.34. The zero-order chi connectivity index (χ0) is 22.7. The van der Waals surface area contributed by atoms with Crippen LogP contribution < -0.4 is 16.2 Å². The first-order valence-electron chi connectivity index (χ1n) is 10.4. The predicted octanol–water partition coefficient (Wildman–Crippen LogP) is 5.52. The second-order valence-corrected chi connectivity index (χ2v) is 8.26. The Morgan fingerprint density at radius 3 is 2.47 bits per heavy atom. The van der Waals surface area contributed by atoms with Crippen LogP contribution in [0, 0.1) is 13.8 Å². The molecule has 32 heavy (non-hydrogen) atoms. The third-order valence-corrected chi connectivity index (χ3v) is 5.75. The minimum Gasteiger partial charge on any atom is -0.381 e. The van der Waals surface area contributed by atoms with E-state index in [2.05, 4.69) is 10.6 Å². The maximum Gasteiger partial charge on any atom is 0.256 e. The first kappa shape index (κ1) is 21.7. The number of anilines is 2. The lowest BCUT2D eigenvalue weighted by Crippen LogP contribution is -2.30. The van der Waals surface area contributed by atoms with E-state index in [-0.39, 0.29) is 18.0 Å². The van der Waals surface area contributed by atoms with Gasteiger partial charge in [-0.2, -0.15) is 0 Å². The second-order valence-electron chi connectivity index (χ2n) is 7.85. The number of carbonyl (C=O) groups is 1. The molecule has 0 bridgehead atoms. The molecule has 4 rings (SSSR count). The Labute approximate surface area is 191 Å². The van der Waals surface area contributed by atoms with Gasteiger partial charge in [0.1, 0.15) is 6.54 Å². The maximum atomic E-state index is 13.3. The molecule has 6 heteroatoms. The van der Waals surface area contributed by atoms with E-state index in [9.17, 15) is 9.59 Å². The summed E-state index contributed by atoms with van der Waals surface area (Å²) in [7, 11) is 0. The fourth-order valence-electron chi connectivity index (χ4n) is 3.59. The van der Waals surface area contributed by atoms with Gasteiger partial charge >= 0.3 is 0 Å². The molecule has 0 saturated carbocycles. The third kappa shape index (κ3) is 4.84. The zero-order valence-electron chi connectivity index (χ0n) is 18.0. The lowest BCUT2D eigenvalue weighted by Gasteiger charge is -2.15. The molecule has 2 N–H and O–H groups in total. The van der Waals surface area contributed by atoms with E-state index in [0.717, 1.165) is 27.7 Å². The largest absolute Gasteiger partial charge is 0.381 e. The van der Waals surface area contributed by atoms with Crippen molar-refractivity contribution in [3.8, 4) is 0 Å². The molecule has 4 aromatic rings. The molecular weight excluding hydrogens is 422 g/mol. The molecule has 1 aromatic heterocycles. The smallest absolute Gasteiger partial charge is 0.256 e. The van der Waals surface area contributed by atoms with E-state index < -0.39 is 0 Å². The van der Waals surface area contributed by atoms with Crippen molar-refractivity contribution in [2.75, 3.05) is 10.6 Å². The van der Waals surface area contributed by atoms with Crippen LogP contribution in [-0.4, -0.2) is 10.5 Å². The van der Waals surface area contributed by atoms with Gasteiger partial charge in [-0.3, -0.25) is 14.2 Å². The van der Waals surface area contributed by atoms with E-state index in [1.807, 2.05) is 74.5 Å². The molecule has 0 saturated heterocycles. The number of benzene rings is 3. The fraction of sp³-hybridized carbons (Fsp3) is 0.154. The number of halogens is 1. The molecule has 5 nitrogen and oxygen atoms in total. The summed E-state index contributed by atoms with van der Waals surface area (Å²) in [6, 6.07) is 22.9. The van der Waals surface area contributed by atoms with E-state index >= 15 is 0 Å². The number of amides is 1. The molecule has 0 unspecified atom stereocenters. The molecule has 0 aliphatic heterocycles. The first-order chi connectivity index (χ1) is 15.4. The van der Waals surface area contributed by atoms with Crippen molar-refractivity contribution in [3.63, 3.8) is 0 Å². The summed E-state index contributed by atoms with van der Waals surface area (Å²) in [5.41, 5.74) is 4.61. The van der Waals surface area contributed by atoms with Crippen LogP contribution in [0.15, 0.2) is 77.6 Å². The van der Waals surface area contributed by atoms with Crippen molar-refractivity contribution in [1.82, 2.24) is 4.57 Å². The molecule has 0 fully saturated rings. The number of hydrogen-bond donors (Lipinski definition) is 2. The molecule has 0 spiro atoms. The molecule has 0 aliphatic carbocycles. The van der Waals surface area contributed by atoms with Crippen LogP contribution in [0.25, 0.3) is 10.9 Å². The number of hydrogen-bond acceptors (Lipinski definition) is 3. The Balaban J connectivity index is 1.65. The molecule has 0 aliphatic rings. The first-order valence-corrected chi connectivity index (χ1v) is 10.8. The Kier molecular flexibility index (Phi) is 6.28. The molecule has 3 aromatic carbocycles. The fourth-order valence-corrected chi connectivity index (χ4v) is 3.77. The van der Waals surface area contributed by atoms with Gasteiger partial charge < -0.3 is 10.6 Å². The van der Waals surface area contributed by atoms with Crippen molar-refractivity contribution >= 4 is 39.8 Å². The normalized spacial score (nSPS) is 10.8. The van der Waals surface area contributed by atoms with E-state index in [1.165, 1.54) is 4.57 Å². The standard InChI is InChI=1S/C26H24ClN3O2/c1-17-8-10-19-13-20(15-28-21-6-4-3-5-7-21)26(32)30(24(19)12-17)16-25(31)29-22-11-9-18(2)23(27)14-22/h3-14,28H,15-16H2,1-2H3,(H,29,31). The van der Waals surface area contributed by atoms with Crippen molar-refractivity contribution in [2.24, 2.45) is 0 Å². The number of carbonyl (C=O) groups excluding carboxylic acids is 1. The zero-order valence-corrected chi connectivity index (χ0v) is 18.7. The number of rotatable bonds is 6. The average Bonchev–Trinajstić information content (AvgIpc) is 2.78. The van der Waals surface area contributed by atoms with Gasteiger partial charge in [-0.1, -0.05) is 48.0 Å². The lowest BCUT2D eigenvalue weighted by molar-refractivity contribution is -0.116. The van der Waals surface area contributed by atoms with Crippen molar-refractivity contribution in [2.45, 2.75) is 26.9 Å². The van der Waals surface area contributed by atoms with Crippen molar-refractivity contribution < 1.29 is 4.79 Å². The summed E-state index contributed by atoms with van der Waals surface area (Å²) in [4.78, 5) is 26.1. The molecule has 1 amide bonds. The van der Waals surface area contributed by atoms with Crippen LogP contribution in [0.3, 0.4) is 0 Å². The van der Waals surface area contributed by atoms with Crippen LogP contribution in [0.2, 0.25) is 5.02 Å². The Morgan fingerprint density at radius 1 is 0.938 bits per heavy atom. The summed E-state index contributed by atoms with van der Waals surface area (Å²) in [5, 5.41) is 7.61. The number of nitrogens with zero attached hydrogens (tertiary/aromatic N) is 1. The number of aromatic nitrogens is 1. The van der Waals surface area contributed by atoms with Gasteiger partial charge in [0, 0.05) is 28.5 Å². The Hall–Kier alpha value is -3.57. The molecular formula is C26H24ClN3O2. The van der Waals surface area contributed by atoms with Crippen LogP contribution in [0.1, 0.15) is 16.7 Å². The summed E-state index contributed by atoms with van der Waals surface area (Å²) in [6.07, 6.45) is 0. The minimum absolute atomic E-state index is 0.0938. The van der Waals surface area contributed by atoms with Crippen LogP contribution in [0.4, 0.5) is 11.4 Å². The number of aryl methyl sites for hydroxylation is 2. The van der Waals surface area contributed by atoms with E-state index in [4.69, 9.17) is 11.6 Å². The van der Waals surface area contributed by atoms with Gasteiger partial charge in [0.15, 0.2) is 0 Å². The van der Waals surface area contributed by atoms with Gasteiger partial charge in [0.25, 0.3) is 5.56 Å². The Bertz CT molecular complexity index is 1350. The van der Waals surface area contributed by atoms with Gasteiger partial charge in [-0.05, 0) is 66.8 Å². The summed E-state index contributed by atoms with van der Waals surface area (Å²) < 4.78 is 1.54. The van der Waals surface area contributed by atoms with Gasteiger partial charge in [-0.25, -0.2) is 0 Å². The molecule has 0 radical (unpaired) electrons. The summed E-state index contributed by atoms with van der Waals surface area (Å²) >= 11 is 6.17. The number of fused-ring (bicyclic) bond motifs is 1. The predicted molar refractivity (Wildman–Crippen MR) is 132 cm³/mol. The average molecular weight is 446 g/mol. The highest BCUT2D eigenvalue weighted by Gasteiger charge is 2.13. The van der Waals surface area contributed by atoms with E-state index in [0.29, 0.717) is 22.8 Å².